The lowest BCUT2D eigenvalue weighted by molar-refractivity contribution is 0.0472. The molecular formula is C20H24N2O2S. The summed E-state index contributed by atoms with van der Waals surface area (Å²) in [6, 6.07) is 12.9. The predicted molar refractivity (Wildman–Crippen MR) is 102 cm³/mol. The number of benzene rings is 1. The number of furan rings is 1. The molecule has 1 fully saturated rings. The van der Waals surface area contributed by atoms with Crippen molar-refractivity contribution in [2.45, 2.75) is 25.6 Å². The van der Waals surface area contributed by atoms with E-state index >= 15 is 0 Å². The molecular weight excluding hydrogens is 332 g/mol. The molecule has 0 amide bonds. The van der Waals surface area contributed by atoms with Gasteiger partial charge in [0.05, 0.1) is 6.54 Å². The zero-order valence-corrected chi connectivity index (χ0v) is 15.1. The number of nitrogens with zero attached hydrogens (tertiary/aromatic N) is 2. The fourth-order valence-corrected chi connectivity index (χ4v) is 4.34. The molecule has 1 unspecified atom stereocenters. The minimum Gasteiger partial charge on any atom is -0.460 e. The van der Waals surface area contributed by atoms with Gasteiger partial charge in [-0.05, 0) is 40.9 Å². The van der Waals surface area contributed by atoms with E-state index in [-0.39, 0.29) is 6.61 Å². The molecule has 0 saturated carbocycles. The first-order chi connectivity index (χ1) is 12.3. The summed E-state index contributed by atoms with van der Waals surface area (Å²) in [6.07, 6.45) is 0.820. The highest BCUT2D eigenvalue weighted by Gasteiger charge is 2.27. The predicted octanol–water partition coefficient (Wildman–Crippen LogP) is 3.56. The number of hydrogen-bond acceptors (Lipinski definition) is 5. The van der Waals surface area contributed by atoms with Crippen LogP contribution in [0.15, 0.2) is 51.6 Å². The van der Waals surface area contributed by atoms with Gasteiger partial charge in [-0.3, -0.25) is 9.80 Å². The van der Waals surface area contributed by atoms with Crippen LogP contribution in [0, 0.1) is 0 Å². The zero-order chi connectivity index (χ0) is 17.1. The van der Waals surface area contributed by atoms with Gasteiger partial charge < -0.3 is 9.52 Å². The lowest BCUT2D eigenvalue weighted by Crippen LogP contribution is -2.52. The average molecular weight is 356 g/mol. The fourth-order valence-electron chi connectivity index (χ4n) is 3.68. The van der Waals surface area contributed by atoms with Crippen LogP contribution in [-0.2, 0) is 13.1 Å². The van der Waals surface area contributed by atoms with Gasteiger partial charge >= 0.3 is 0 Å². The maximum Gasteiger partial charge on any atom is 0.134 e. The van der Waals surface area contributed by atoms with Crippen LogP contribution in [0.1, 0.15) is 17.7 Å². The molecule has 1 N–H and O–H groups in total. The van der Waals surface area contributed by atoms with Crippen molar-refractivity contribution in [1.29, 1.82) is 0 Å². The molecule has 1 aromatic carbocycles. The Labute approximate surface area is 152 Å². The molecule has 4 nitrogen and oxygen atoms in total. The Morgan fingerprint density at radius 2 is 2.08 bits per heavy atom. The maximum absolute atomic E-state index is 9.47. The summed E-state index contributed by atoms with van der Waals surface area (Å²) in [5.41, 5.74) is 2.33. The topological polar surface area (TPSA) is 39.9 Å². The van der Waals surface area contributed by atoms with Crippen molar-refractivity contribution in [2.24, 2.45) is 0 Å². The summed E-state index contributed by atoms with van der Waals surface area (Å²) in [7, 11) is 0. The van der Waals surface area contributed by atoms with E-state index in [1.807, 2.05) is 18.2 Å². The molecule has 3 heterocycles. The lowest BCUT2D eigenvalue weighted by atomic mass is 10.1. The van der Waals surface area contributed by atoms with Gasteiger partial charge in [-0.15, -0.1) is 0 Å². The van der Waals surface area contributed by atoms with Crippen molar-refractivity contribution in [3.8, 4) is 0 Å². The standard InChI is InChI=1S/C20H24N2O2S/c23-9-5-18-13-21(7-8-22(18)12-16-6-10-25-15-16)14-19-11-17-3-1-2-4-20(17)24-19/h1-4,6,10-11,15,18,23H,5,7-9,12-14H2. The molecule has 1 saturated heterocycles. The Hall–Kier alpha value is -1.66. The number of aliphatic hydroxyl groups excluding tert-OH is 1. The third kappa shape index (κ3) is 3.96. The van der Waals surface area contributed by atoms with Gasteiger partial charge in [0, 0.05) is 44.2 Å². The molecule has 0 spiro atoms. The van der Waals surface area contributed by atoms with Crippen molar-refractivity contribution >= 4 is 22.3 Å². The molecule has 25 heavy (non-hydrogen) atoms. The molecule has 3 aromatic rings. The smallest absolute Gasteiger partial charge is 0.134 e. The average Bonchev–Trinajstić information content (AvgIpc) is 3.26. The Kier molecular flexibility index (Phi) is 5.17. The van der Waals surface area contributed by atoms with Crippen LogP contribution in [0.3, 0.4) is 0 Å². The molecule has 0 aliphatic carbocycles. The summed E-state index contributed by atoms with van der Waals surface area (Å²) in [5, 5.41) is 15.0. The van der Waals surface area contributed by atoms with E-state index < -0.39 is 0 Å². The van der Waals surface area contributed by atoms with E-state index in [0.29, 0.717) is 6.04 Å². The molecule has 1 aliphatic rings. The second kappa shape index (κ2) is 7.70. The molecule has 1 aliphatic heterocycles. The normalized spacial score (nSPS) is 19.6. The second-order valence-corrected chi connectivity index (χ2v) is 7.53. The van der Waals surface area contributed by atoms with Crippen LogP contribution in [0.25, 0.3) is 11.0 Å². The van der Waals surface area contributed by atoms with Gasteiger partial charge in [0.2, 0.25) is 0 Å². The summed E-state index contributed by atoms with van der Waals surface area (Å²) in [6.45, 7) is 5.09. The van der Waals surface area contributed by atoms with Crippen LogP contribution < -0.4 is 0 Å². The quantitative estimate of drug-likeness (QED) is 0.733. The maximum atomic E-state index is 9.47. The highest BCUT2D eigenvalue weighted by Crippen LogP contribution is 2.23. The monoisotopic (exact) mass is 356 g/mol. The Balaban J connectivity index is 1.42. The molecule has 1 atom stereocenters. The number of para-hydroxylation sites is 1. The van der Waals surface area contributed by atoms with Crippen molar-refractivity contribution < 1.29 is 9.52 Å². The van der Waals surface area contributed by atoms with Gasteiger partial charge in [0.15, 0.2) is 0 Å². The van der Waals surface area contributed by atoms with E-state index in [9.17, 15) is 5.11 Å². The highest BCUT2D eigenvalue weighted by molar-refractivity contribution is 7.07. The largest absolute Gasteiger partial charge is 0.460 e. The molecule has 0 bridgehead atoms. The van der Waals surface area contributed by atoms with Crippen LogP contribution in [0.4, 0.5) is 0 Å². The number of piperazine rings is 1. The van der Waals surface area contributed by atoms with E-state index in [1.54, 1.807) is 11.3 Å². The lowest BCUT2D eigenvalue weighted by Gasteiger charge is -2.41. The Bertz CT molecular complexity index is 766. The first kappa shape index (κ1) is 16.8. The molecule has 2 aromatic heterocycles. The second-order valence-electron chi connectivity index (χ2n) is 6.75. The number of hydrogen-bond donors (Lipinski definition) is 1. The molecule has 4 rings (SSSR count). The minimum absolute atomic E-state index is 0.239. The van der Waals surface area contributed by atoms with E-state index in [0.717, 1.165) is 50.5 Å². The van der Waals surface area contributed by atoms with Gasteiger partial charge in [0.1, 0.15) is 11.3 Å². The molecule has 5 heteroatoms. The van der Waals surface area contributed by atoms with Gasteiger partial charge in [-0.25, -0.2) is 0 Å². The molecule has 132 valence electrons. The highest BCUT2D eigenvalue weighted by atomic mass is 32.1. The van der Waals surface area contributed by atoms with E-state index in [1.165, 1.54) is 10.9 Å². The summed E-state index contributed by atoms with van der Waals surface area (Å²) >= 11 is 1.75. The van der Waals surface area contributed by atoms with Crippen LogP contribution in [0.5, 0.6) is 0 Å². The fraction of sp³-hybridized carbons (Fsp3) is 0.400. The third-order valence-corrected chi connectivity index (χ3v) is 5.70. The van der Waals surface area contributed by atoms with Crippen molar-refractivity contribution in [2.75, 3.05) is 26.2 Å². The first-order valence-electron chi connectivity index (χ1n) is 8.87. The van der Waals surface area contributed by atoms with Crippen molar-refractivity contribution in [3.05, 3.63) is 58.5 Å². The number of aliphatic hydroxyl groups is 1. The summed E-state index contributed by atoms with van der Waals surface area (Å²) in [4.78, 5) is 4.95. The van der Waals surface area contributed by atoms with Gasteiger partial charge in [-0.1, -0.05) is 18.2 Å². The molecule has 0 radical (unpaired) electrons. The van der Waals surface area contributed by atoms with Crippen LogP contribution in [-0.4, -0.2) is 47.2 Å². The summed E-state index contributed by atoms with van der Waals surface area (Å²) in [5.74, 6) is 1.02. The van der Waals surface area contributed by atoms with Crippen LogP contribution >= 0.6 is 11.3 Å². The van der Waals surface area contributed by atoms with Gasteiger partial charge in [-0.2, -0.15) is 11.3 Å². The zero-order valence-electron chi connectivity index (χ0n) is 14.3. The number of rotatable bonds is 6. The third-order valence-electron chi connectivity index (χ3n) is 4.97. The minimum atomic E-state index is 0.239. The van der Waals surface area contributed by atoms with Gasteiger partial charge in [0.25, 0.3) is 0 Å². The van der Waals surface area contributed by atoms with E-state index in [2.05, 4.69) is 38.8 Å². The van der Waals surface area contributed by atoms with Crippen molar-refractivity contribution in [1.82, 2.24) is 9.80 Å². The van der Waals surface area contributed by atoms with Crippen molar-refractivity contribution in [3.63, 3.8) is 0 Å². The SMILES string of the molecule is OCCC1CN(Cc2cc3ccccc3o2)CCN1Cc1ccsc1. The first-order valence-corrected chi connectivity index (χ1v) is 9.82. The number of thiophene rings is 1. The van der Waals surface area contributed by atoms with Crippen LogP contribution in [0.2, 0.25) is 0 Å². The summed E-state index contributed by atoms with van der Waals surface area (Å²) < 4.78 is 5.97. The Morgan fingerprint density at radius 3 is 2.88 bits per heavy atom. The number of fused-ring (bicyclic) bond motifs is 1. The Morgan fingerprint density at radius 1 is 1.16 bits per heavy atom. The van der Waals surface area contributed by atoms with E-state index in [4.69, 9.17) is 4.42 Å².